The molecule has 2 amide bonds. The molecule has 1 aliphatic rings. The van der Waals surface area contributed by atoms with Gasteiger partial charge in [0, 0.05) is 21.8 Å². The molecule has 200 valence electrons. The van der Waals surface area contributed by atoms with Crippen LogP contribution in [-0.2, 0) is 9.59 Å². The summed E-state index contributed by atoms with van der Waals surface area (Å²) in [5.74, 6) is 0.317. The number of rotatable bonds is 7. The number of amides is 2. The number of nitrogens with one attached hydrogen (secondary N) is 1. The quantitative estimate of drug-likeness (QED) is 0.314. The van der Waals surface area contributed by atoms with Gasteiger partial charge in [0.25, 0.3) is 11.5 Å². The number of benzene rings is 3. The summed E-state index contributed by atoms with van der Waals surface area (Å²) in [5.41, 5.74) is 2.18. The minimum absolute atomic E-state index is 0.222. The van der Waals surface area contributed by atoms with Crippen LogP contribution in [0.25, 0.3) is 21.9 Å². The van der Waals surface area contributed by atoms with E-state index in [0.717, 1.165) is 29.1 Å². The van der Waals surface area contributed by atoms with Crippen LogP contribution in [0, 0.1) is 0 Å². The van der Waals surface area contributed by atoms with Crippen LogP contribution >= 0.6 is 22.9 Å². The number of fused-ring (bicyclic) bond motifs is 2. The lowest BCUT2D eigenvalue weighted by Crippen LogP contribution is -2.37. The third-order valence-electron chi connectivity index (χ3n) is 6.30. The second-order valence-corrected chi connectivity index (χ2v) is 10.5. The zero-order valence-corrected chi connectivity index (χ0v) is 22.8. The van der Waals surface area contributed by atoms with Crippen LogP contribution in [0.15, 0.2) is 77.6 Å². The number of hydrogen-bond acceptors (Lipinski definition) is 7. The summed E-state index contributed by atoms with van der Waals surface area (Å²) < 4.78 is 7.06. The van der Waals surface area contributed by atoms with E-state index in [-0.39, 0.29) is 16.7 Å². The molecule has 0 unspecified atom stereocenters. The van der Waals surface area contributed by atoms with Crippen molar-refractivity contribution < 1.29 is 14.3 Å². The first-order valence-corrected chi connectivity index (χ1v) is 13.8. The highest BCUT2D eigenvalue weighted by molar-refractivity contribution is 7.15. The predicted octanol–water partition coefficient (Wildman–Crippen LogP) is 4.16. The van der Waals surface area contributed by atoms with Crippen molar-refractivity contribution in [3.8, 4) is 17.1 Å². The maximum absolute atomic E-state index is 13.6. The fourth-order valence-electron chi connectivity index (χ4n) is 4.49. The maximum atomic E-state index is 13.6. The van der Waals surface area contributed by atoms with Crippen molar-refractivity contribution in [3.05, 3.63) is 98.3 Å². The Kier molecular flexibility index (Phi) is 6.79. The number of carbonyl (C=O) groups excluding carboxylic acids is 2. The molecule has 0 saturated carbocycles. The molecular formula is C29H22ClN5O4S. The van der Waals surface area contributed by atoms with E-state index in [9.17, 15) is 14.4 Å². The van der Waals surface area contributed by atoms with E-state index in [2.05, 4.69) is 15.4 Å². The molecule has 0 saturated heterocycles. The van der Waals surface area contributed by atoms with Crippen LogP contribution < -0.4 is 25.0 Å². The fourth-order valence-corrected chi connectivity index (χ4v) is 5.68. The van der Waals surface area contributed by atoms with Crippen molar-refractivity contribution >= 4 is 56.7 Å². The molecule has 3 heterocycles. The predicted molar refractivity (Wildman–Crippen MR) is 155 cm³/mol. The number of aromatic nitrogens is 3. The van der Waals surface area contributed by atoms with Gasteiger partial charge in [0.05, 0.1) is 17.9 Å². The number of ether oxygens (including phenoxy) is 1. The first-order chi connectivity index (χ1) is 19.4. The van der Waals surface area contributed by atoms with Crippen LogP contribution in [0.5, 0.6) is 5.75 Å². The van der Waals surface area contributed by atoms with Gasteiger partial charge in [-0.3, -0.25) is 19.3 Å². The van der Waals surface area contributed by atoms with Gasteiger partial charge in [-0.1, -0.05) is 54.1 Å². The molecule has 5 aromatic rings. The van der Waals surface area contributed by atoms with Gasteiger partial charge >= 0.3 is 0 Å². The summed E-state index contributed by atoms with van der Waals surface area (Å²) in [6.07, 6.45) is 0.912. The molecule has 0 fully saturated rings. The van der Waals surface area contributed by atoms with E-state index in [1.54, 1.807) is 48.5 Å². The fraction of sp³-hybridized carbons (Fsp3) is 0.138. The number of para-hydroxylation sites is 1. The third-order valence-corrected chi connectivity index (χ3v) is 7.57. The topological polar surface area (TPSA) is 106 Å². The molecule has 1 aliphatic heterocycles. The highest BCUT2D eigenvalue weighted by Crippen LogP contribution is 2.35. The smallest absolute Gasteiger partial charge is 0.291 e. The summed E-state index contributed by atoms with van der Waals surface area (Å²) in [4.78, 5) is 46.2. The molecule has 0 radical (unpaired) electrons. The van der Waals surface area contributed by atoms with Crippen LogP contribution in [0.1, 0.15) is 18.9 Å². The van der Waals surface area contributed by atoms with Gasteiger partial charge in [0.2, 0.25) is 10.9 Å². The molecule has 40 heavy (non-hydrogen) atoms. The van der Waals surface area contributed by atoms with Crippen LogP contribution in [0.2, 0.25) is 5.02 Å². The Bertz CT molecular complexity index is 1880. The Balaban J connectivity index is 1.33. The molecule has 9 nitrogen and oxygen atoms in total. The van der Waals surface area contributed by atoms with Crippen LogP contribution in [0.4, 0.5) is 11.4 Å². The Morgan fingerprint density at radius 1 is 1.05 bits per heavy atom. The second-order valence-electron chi connectivity index (χ2n) is 9.08. The van der Waals surface area contributed by atoms with E-state index >= 15 is 0 Å². The van der Waals surface area contributed by atoms with Gasteiger partial charge in [0.15, 0.2) is 5.82 Å². The molecule has 0 aliphatic carbocycles. The first-order valence-electron chi connectivity index (χ1n) is 12.6. The van der Waals surface area contributed by atoms with E-state index < -0.39 is 17.4 Å². The Hall–Kier alpha value is -4.54. The van der Waals surface area contributed by atoms with Gasteiger partial charge in [-0.15, -0.1) is 5.10 Å². The largest absolute Gasteiger partial charge is 0.494 e. The lowest BCUT2D eigenvalue weighted by Gasteiger charge is -2.16. The highest BCUT2D eigenvalue weighted by atomic mass is 35.5. The van der Waals surface area contributed by atoms with Crippen molar-refractivity contribution in [2.24, 2.45) is 0 Å². The Labute approximate surface area is 237 Å². The summed E-state index contributed by atoms with van der Waals surface area (Å²) in [6.45, 7) is 2.44. The van der Waals surface area contributed by atoms with Crippen molar-refractivity contribution in [2.45, 2.75) is 13.3 Å². The number of thiazole rings is 1. The zero-order valence-electron chi connectivity index (χ0n) is 21.3. The molecule has 0 bridgehead atoms. The van der Waals surface area contributed by atoms with Gasteiger partial charge < -0.3 is 10.1 Å². The minimum Gasteiger partial charge on any atom is -0.494 e. The molecule has 6 rings (SSSR count). The molecule has 1 N–H and O–H groups in total. The normalized spacial score (nSPS) is 14.1. The summed E-state index contributed by atoms with van der Waals surface area (Å²) >= 11 is 7.11. The monoisotopic (exact) mass is 571 g/mol. The number of anilines is 2. The van der Waals surface area contributed by atoms with Crippen LogP contribution in [-0.4, -0.2) is 39.6 Å². The van der Waals surface area contributed by atoms with Crippen molar-refractivity contribution in [2.75, 3.05) is 23.4 Å². The van der Waals surface area contributed by atoms with Crippen molar-refractivity contribution in [1.29, 1.82) is 0 Å². The molecule has 0 spiro atoms. The number of carbonyl (C=O) groups is 2. The minimum atomic E-state index is -0.440. The molecule has 2 aromatic heterocycles. The first kappa shape index (κ1) is 25.7. The van der Waals surface area contributed by atoms with Gasteiger partial charge in [-0.2, -0.15) is 9.50 Å². The molecule has 3 aromatic carbocycles. The van der Waals surface area contributed by atoms with E-state index in [1.165, 1.54) is 9.42 Å². The van der Waals surface area contributed by atoms with Gasteiger partial charge in [-0.05, 0) is 55.0 Å². The summed E-state index contributed by atoms with van der Waals surface area (Å²) in [7, 11) is 0. The van der Waals surface area contributed by atoms with E-state index in [0.29, 0.717) is 39.4 Å². The SMILES string of the molecule is CCCOc1ccc(-c2nc3s/c(=C4\C(=O)N(CC(=O)Nc5cccc(Cl)c5)c5ccccc54)c(=O)n3n2)cc1. The van der Waals surface area contributed by atoms with Gasteiger partial charge in [0.1, 0.15) is 16.8 Å². The molecule has 0 atom stereocenters. The lowest BCUT2D eigenvalue weighted by molar-refractivity contribution is -0.118. The van der Waals surface area contributed by atoms with Gasteiger partial charge in [-0.25, -0.2) is 0 Å². The van der Waals surface area contributed by atoms with E-state index in [4.69, 9.17) is 16.3 Å². The standard InChI is InChI=1S/C29H22ClN5O4S/c1-2-14-39-20-12-10-17(11-13-20)26-32-29-35(33-26)28(38)25(40-29)24-21-8-3-4-9-22(21)34(27(24)37)16-23(36)31-19-7-5-6-18(30)15-19/h3-13,15H,2,14,16H2,1H3,(H,31,36)/b25-24-. The average molecular weight is 572 g/mol. The molecule has 11 heteroatoms. The number of hydrogen-bond donors (Lipinski definition) is 1. The average Bonchev–Trinajstić information content (AvgIpc) is 3.58. The van der Waals surface area contributed by atoms with Crippen LogP contribution in [0.3, 0.4) is 0 Å². The maximum Gasteiger partial charge on any atom is 0.291 e. The van der Waals surface area contributed by atoms with Crippen molar-refractivity contribution in [1.82, 2.24) is 14.6 Å². The van der Waals surface area contributed by atoms with Crippen molar-refractivity contribution in [3.63, 3.8) is 0 Å². The molecular weight excluding hydrogens is 550 g/mol. The third kappa shape index (κ3) is 4.72. The van der Waals surface area contributed by atoms with E-state index in [1.807, 2.05) is 31.2 Å². The lowest BCUT2D eigenvalue weighted by atomic mass is 10.1. The second kappa shape index (κ2) is 10.6. The number of halogens is 1. The Morgan fingerprint density at radius 2 is 1.85 bits per heavy atom. The summed E-state index contributed by atoms with van der Waals surface area (Å²) in [6, 6.07) is 21.2. The Morgan fingerprint density at radius 3 is 2.60 bits per heavy atom. The highest BCUT2D eigenvalue weighted by Gasteiger charge is 2.35. The zero-order chi connectivity index (χ0) is 27.8. The number of nitrogens with zero attached hydrogens (tertiary/aromatic N) is 4. The summed E-state index contributed by atoms with van der Waals surface area (Å²) in [5, 5.41) is 7.66.